The highest BCUT2D eigenvalue weighted by Gasteiger charge is 2.34. The molecule has 1 saturated heterocycles. The van der Waals surface area contributed by atoms with Crippen LogP contribution in [0, 0.1) is 6.54 Å². The normalized spacial score (nSPS) is 27.0. The molecule has 0 aromatic heterocycles. The molecule has 1 rings (SSSR count). The van der Waals surface area contributed by atoms with E-state index >= 15 is 0 Å². The lowest BCUT2D eigenvalue weighted by Gasteiger charge is -2.24. The fraction of sp³-hybridized carbons (Fsp3) is 0.800. The Morgan fingerprint density at radius 2 is 2.27 bits per heavy atom. The van der Waals surface area contributed by atoms with E-state index in [1.165, 1.54) is 6.54 Å². The van der Waals surface area contributed by atoms with Crippen molar-refractivity contribution in [3.05, 3.63) is 6.54 Å². The molecule has 0 spiro atoms. The minimum atomic E-state index is -4.60. The predicted molar refractivity (Wildman–Crippen MR) is 29.2 cm³/mol. The van der Waals surface area contributed by atoms with Gasteiger partial charge in [0.25, 0.3) is 0 Å². The van der Waals surface area contributed by atoms with Gasteiger partial charge in [0.15, 0.2) is 0 Å². The summed E-state index contributed by atoms with van der Waals surface area (Å²) in [7, 11) is 0. The molecule has 1 atom stereocenters. The van der Waals surface area contributed by atoms with E-state index in [0.29, 0.717) is 6.61 Å². The largest absolute Gasteiger partial charge is 0.524 e. The second kappa shape index (κ2) is 3.38. The Bertz CT molecular complexity index is 121. The quantitative estimate of drug-likeness (QED) is 0.626. The molecule has 6 heteroatoms. The first-order valence-electron chi connectivity index (χ1n) is 2.98. The second-order valence-corrected chi connectivity index (χ2v) is 1.96. The molecule has 1 aliphatic heterocycles. The van der Waals surface area contributed by atoms with Crippen molar-refractivity contribution in [2.24, 2.45) is 0 Å². The third kappa shape index (κ3) is 3.54. The Hall–Kier alpha value is -0.330. The van der Waals surface area contributed by atoms with E-state index in [1.807, 2.05) is 0 Å². The molecule has 11 heavy (non-hydrogen) atoms. The number of morpholine rings is 1. The van der Waals surface area contributed by atoms with E-state index < -0.39 is 12.6 Å². The number of nitrogens with one attached hydrogen (secondary N) is 1. The van der Waals surface area contributed by atoms with Crippen LogP contribution in [0.4, 0.5) is 13.2 Å². The van der Waals surface area contributed by atoms with Gasteiger partial charge in [-0.15, -0.1) is 13.2 Å². The Morgan fingerprint density at radius 3 is 2.73 bits per heavy atom. The summed E-state index contributed by atoms with van der Waals surface area (Å²) < 4.78 is 42.8. The number of ether oxygens (including phenoxy) is 2. The highest BCUT2D eigenvalue weighted by Crippen LogP contribution is 2.18. The zero-order valence-electron chi connectivity index (χ0n) is 5.52. The molecule has 0 aromatic carbocycles. The van der Waals surface area contributed by atoms with Crippen molar-refractivity contribution in [2.75, 3.05) is 13.2 Å². The highest BCUT2D eigenvalue weighted by atomic mass is 19.4. The molecule has 1 heterocycles. The lowest BCUT2D eigenvalue weighted by Crippen LogP contribution is -2.43. The average molecular weight is 170 g/mol. The van der Waals surface area contributed by atoms with Gasteiger partial charge in [0.2, 0.25) is 0 Å². The molecule has 1 fully saturated rings. The fourth-order valence-electron chi connectivity index (χ4n) is 0.691. The molecule has 0 aromatic rings. The number of alkyl halides is 3. The summed E-state index contributed by atoms with van der Waals surface area (Å²) in [5.41, 5.74) is 0. The predicted octanol–water partition coefficient (Wildman–Crippen LogP) is 0.630. The lowest BCUT2D eigenvalue weighted by molar-refractivity contribution is -0.351. The Balaban J connectivity index is 2.24. The molecule has 3 nitrogen and oxygen atoms in total. The number of hydrogen-bond donors (Lipinski definition) is 1. The van der Waals surface area contributed by atoms with E-state index in [4.69, 9.17) is 0 Å². The molecule has 0 saturated carbocycles. The first kappa shape index (κ1) is 8.76. The zero-order chi connectivity index (χ0) is 8.32. The maximum atomic E-state index is 11.5. The van der Waals surface area contributed by atoms with Gasteiger partial charge >= 0.3 is 6.36 Å². The summed E-state index contributed by atoms with van der Waals surface area (Å²) >= 11 is 0. The second-order valence-electron chi connectivity index (χ2n) is 1.96. The molecule has 0 amide bonds. The number of hydrogen-bond acceptors (Lipinski definition) is 3. The first-order valence-corrected chi connectivity index (χ1v) is 2.98. The lowest BCUT2D eigenvalue weighted by atomic mass is 10.5. The maximum absolute atomic E-state index is 11.5. The van der Waals surface area contributed by atoms with Gasteiger partial charge in [0.05, 0.1) is 19.8 Å². The third-order valence-corrected chi connectivity index (χ3v) is 1.05. The molecule has 1 aliphatic rings. The van der Waals surface area contributed by atoms with Gasteiger partial charge in [-0.2, -0.15) is 0 Å². The van der Waals surface area contributed by atoms with Crippen LogP contribution in [0.15, 0.2) is 0 Å². The standard InChI is InChI=1S/C5H7F3NO2/c6-5(7,8)11-4-3-10-2-1-9-4/h1,4,9H,2-3H2. The van der Waals surface area contributed by atoms with Crippen molar-refractivity contribution in [1.29, 1.82) is 0 Å². The SMILES string of the molecule is FC(F)(F)OC1COC[CH]N1. The van der Waals surface area contributed by atoms with Crippen molar-refractivity contribution in [2.45, 2.75) is 12.6 Å². The summed E-state index contributed by atoms with van der Waals surface area (Å²) in [5, 5.41) is 2.38. The van der Waals surface area contributed by atoms with E-state index in [-0.39, 0.29) is 6.61 Å². The van der Waals surface area contributed by atoms with Crippen LogP contribution in [0.25, 0.3) is 0 Å². The molecule has 1 unspecified atom stereocenters. The van der Waals surface area contributed by atoms with Crippen molar-refractivity contribution in [3.8, 4) is 0 Å². The summed E-state index contributed by atoms with van der Waals surface area (Å²) in [6, 6.07) is 0. The number of rotatable bonds is 1. The van der Waals surface area contributed by atoms with Gasteiger partial charge < -0.3 is 4.74 Å². The van der Waals surface area contributed by atoms with Gasteiger partial charge in [-0.1, -0.05) is 0 Å². The van der Waals surface area contributed by atoms with E-state index in [1.54, 1.807) is 0 Å². The molecule has 1 radical (unpaired) electrons. The van der Waals surface area contributed by atoms with Crippen molar-refractivity contribution in [3.63, 3.8) is 0 Å². The molecule has 1 N–H and O–H groups in total. The van der Waals surface area contributed by atoms with Crippen LogP contribution in [-0.4, -0.2) is 25.8 Å². The summed E-state index contributed by atoms with van der Waals surface area (Å²) in [6.07, 6.45) is -5.71. The first-order chi connectivity index (χ1) is 5.08. The van der Waals surface area contributed by atoms with Crippen LogP contribution in [0.1, 0.15) is 0 Å². The topological polar surface area (TPSA) is 30.5 Å². The minimum Gasteiger partial charge on any atom is -0.376 e. The maximum Gasteiger partial charge on any atom is 0.524 e. The van der Waals surface area contributed by atoms with Crippen LogP contribution in [0.3, 0.4) is 0 Å². The summed E-state index contributed by atoms with van der Waals surface area (Å²) in [5.74, 6) is 0. The van der Waals surface area contributed by atoms with E-state index in [2.05, 4.69) is 14.8 Å². The van der Waals surface area contributed by atoms with Crippen LogP contribution >= 0.6 is 0 Å². The van der Waals surface area contributed by atoms with Gasteiger partial charge in [-0.05, 0) is 0 Å². The smallest absolute Gasteiger partial charge is 0.376 e. The van der Waals surface area contributed by atoms with Crippen LogP contribution in [0.5, 0.6) is 0 Å². The van der Waals surface area contributed by atoms with E-state index in [9.17, 15) is 13.2 Å². The van der Waals surface area contributed by atoms with Crippen molar-refractivity contribution >= 4 is 0 Å². The molecular weight excluding hydrogens is 163 g/mol. The summed E-state index contributed by atoms with van der Waals surface area (Å²) in [6.45, 7) is 1.59. The van der Waals surface area contributed by atoms with E-state index in [0.717, 1.165) is 0 Å². The molecular formula is C5H7F3NO2. The number of halogens is 3. The fourth-order valence-corrected chi connectivity index (χ4v) is 0.691. The van der Waals surface area contributed by atoms with Crippen LogP contribution in [-0.2, 0) is 9.47 Å². The Labute approximate surface area is 61.5 Å². The Morgan fingerprint density at radius 1 is 1.55 bits per heavy atom. The molecule has 0 aliphatic carbocycles. The van der Waals surface area contributed by atoms with Gasteiger partial charge in [-0.25, -0.2) is 0 Å². The van der Waals surface area contributed by atoms with Crippen LogP contribution in [0.2, 0.25) is 0 Å². The highest BCUT2D eigenvalue weighted by molar-refractivity contribution is 4.70. The Kier molecular flexibility index (Phi) is 2.69. The zero-order valence-corrected chi connectivity index (χ0v) is 5.52. The monoisotopic (exact) mass is 170 g/mol. The van der Waals surface area contributed by atoms with Crippen LogP contribution < -0.4 is 5.32 Å². The third-order valence-electron chi connectivity index (χ3n) is 1.05. The van der Waals surface area contributed by atoms with Crippen molar-refractivity contribution < 1.29 is 22.6 Å². The average Bonchev–Trinajstić information content (AvgIpc) is 1.85. The van der Waals surface area contributed by atoms with Gasteiger partial charge in [0, 0.05) is 0 Å². The molecule has 0 bridgehead atoms. The molecule has 65 valence electrons. The van der Waals surface area contributed by atoms with Gasteiger partial charge in [-0.3, -0.25) is 10.1 Å². The minimum absolute atomic E-state index is 0.0873. The summed E-state index contributed by atoms with van der Waals surface area (Å²) in [4.78, 5) is 0. The van der Waals surface area contributed by atoms with Crippen molar-refractivity contribution in [1.82, 2.24) is 5.32 Å². The van der Waals surface area contributed by atoms with Gasteiger partial charge in [0.1, 0.15) is 6.23 Å².